The Morgan fingerprint density at radius 1 is 1.03 bits per heavy atom. The van der Waals surface area contributed by atoms with Crippen molar-refractivity contribution in [3.05, 3.63) is 91.8 Å². The number of pyridine rings is 1. The van der Waals surface area contributed by atoms with E-state index in [1.54, 1.807) is 0 Å². The summed E-state index contributed by atoms with van der Waals surface area (Å²) < 4.78 is 7.19. The molecular weight excluding hydrogens is 440 g/mol. The van der Waals surface area contributed by atoms with Crippen LogP contribution in [0.25, 0.3) is 22.3 Å². The van der Waals surface area contributed by atoms with Gasteiger partial charge in [-0.3, -0.25) is 4.79 Å². The molecular formula is C25H23BrN2O2. The first-order valence-electron chi connectivity index (χ1n) is 9.88. The molecule has 0 saturated heterocycles. The van der Waals surface area contributed by atoms with Crippen LogP contribution in [0, 0.1) is 20.8 Å². The number of aryl methyl sites for hydroxylation is 2. The van der Waals surface area contributed by atoms with Gasteiger partial charge in [-0.25, -0.2) is 4.98 Å². The third-order valence-electron chi connectivity index (χ3n) is 5.32. The lowest BCUT2D eigenvalue weighted by molar-refractivity contribution is 0.605. The zero-order chi connectivity index (χ0) is 21.4. The van der Waals surface area contributed by atoms with Gasteiger partial charge < -0.3 is 9.73 Å². The molecule has 0 aliphatic carbocycles. The zero-order valence-corrected chi connectivity index (χ0v) is 19.0. The minimum absolute atomic E-state index is 0.00809. The van der Waals surface area contributed by atoms with Crippen molar-refractivity contribution in [2.45, 2.75) is 33.7 Å². The van der Waals surface area contributed by atoms with E-state index >= 15 is 0 Å². The highest BCUT2D eigenvalue weighted by Gasteiger charge is 2.19. The van der Waals surface area contributed by atoms with Crippen molar-refractivity contribution in [1.82, 2.24) is 4.98 Å². The Morgan fingerprint density at radius 3 is 2.47 bits per heavy atom. The maximum atomic E-state index is 13.2. The molecule has 0 amide bonds. The van der Waals surface area contributed by atoms with Crippen molar-refractivity contribution in [3.8, 4) is 11.3 Å². The summed E-state index contributed by atoms with van der Waals surface area (Å²) in [5.74, 6) is 0.617. The predicted molar refractivity (Wildman–Crippen MR) is 126 cm³/mol. The van der Waals surface area contributed by atoms with Gasteiger partial charge >= 0.3 is 0 Å². The third kappa shape index (κ3) is 3.77. The maximum absolute atomic E-state index is 13.2. The van der Waals surface area contributed by atoms with Crippen LogP contribution in [0.1, 0.15) is 35.3 Å². The summed E-state index contributed by atoms with van der Waals surface area (Å²) in [4.78, 5) is 17.7. The first kappa shape index (κ1) is 20.4. The van der Waals surface area contributed by atoms with E-state index in [2.05, 4.69) is 39.2 Å². The average Bonchev–Trinajstić information content (AvgIpc) is 2.73. The van der Waals surface area contributed by atoms with Crippen molar-refractivity contribution in [1.29, 1.82) is 0 Å². The lowest BCUT2D eigenvalue weighted by atomic mass is 9.99. The Labute approximate surface area is 184 Å². The van der Waals surface area contributed by atoms with E-state index in [0.717, 1.165) is 32.7 Å². The molecule has 0 radical (unpaired) electrons. The molecule has 4 aromatic rings. The normalized spacial score (nSPS) is 12.2. The molecule has 2 heterocycles. The zero-order valence-electron chi connectivity index (χ0n) is 17.4. The van der Waals surface area contributed by atoms with E-state index in [-0.39, 0.29) is 11.5 Å². The Kier molecular flexibility index (Phi) is 5.48. The molecule has 1 atom stereocenters. The van der Waals surface area contributed by atoms with E-state index < -0.39 is 0 Å². The Balaban J connectivity index is 1.89. The van der Waals surface area contributed by atoms with Gasteiger partial charge in [0.2, 0.25) is 0 Å². The molecule has 0 fully saturated rings. The second-order valence-electron chi connectivity index (χ2n) is 7.62. The predicted octanol–water partition coefficient (Wildman–Crippen LogP) is 6.72. The molecule has 2 aromatic carbocycles. The Morgan fingerprint density at radius 2 is 1.77 bits per heavy atom. The summed E-state index contributed by atoms with van der Waals surface area (Å²) in [5, 5.41) is 4.13. The van der Waals surface area contributed by atoms with Gasteiger partial charge in [-0.05, 0) is 67.4 Å². The smallest absolute Gasteiger partial charge is 0.196 e. The number of rotatable bonds is 4. The minimum atomic E-state index is -0.0800. The lowest BCUT2D eigenvalue weighted by Gasteiger charge is -2.19. The van der Waals surface area contributed by atoms with Crippen LogP contribution < -0.4 is 10.7 Å². The number of aromatic nitrogens is 1. The van der Waals surface area contributed by atoms with Gasteiger partial charge in [-0.15, -0.1) is 0 Å². The van der Waals surface area contributed by atoms with Crippen LogP contribution in [-0.4, -0.2) is 4.98 Å². The van der Waals surface area contributed by atoms with Crippen LogP contribution in [0.3, 0.4) is 0 Å². The number of hydrogen-bond acceptors (Lipinski definition) is 4. The average molecular weight is 463 g/mol. The molecule has 2 aromatic heterocycles. The number of nitrogens with one attached hydrogen (secondary N) is 1. The van der Waals surface area contributed by atoms with Crippen molar-refractivity contribution in [3.63, 3.8) is 0 Å². The summed E-state index contributed by atoms with van der Waals surface area (Å²) >= 11 is 3.41. The molecule has 5 heteroatoms. The van der Waals surface area contributed by atoms with Gasteiger partial charge in [0.05, 0.1) is 22.8 Å². The number of nitrogens with zero attached hydrogens (tertiary/aromatic N) is 1. The molecule has 0 aliphatic heterocycles. The molecule has 0 saturated carbocycles. The quantitative estimate of drug-likeness (QED) is 0.342. The van der Waals surface area contributed by atoms with Gasteiger partial charge in [-0.1, -0.05) is 36.4 Å². The lowest BCUT2D eigenvalue weighted by Crippen LogP contribution is -2.13. The van der Waals surface area contributed by atoms with Gasteiger partial charge in [0.1, 0.15) is 15.9 Å². The largest absolute Gasteiger partial charge is 0.455 e. The number of benzene rings is 2. The van der Waals surface area contributed by atoms with Crippen molar-refractivity contribution >= 4 is 32.6 Å². The van der Waals surface area contributed by atoms with Crippen LogP contribution in [-0.2, 0) is 0 Å². The fraction of sp³-hybridized carbons (Fsp3) is 0.200. The van der Waals surface area contributed by atoms with Gasteiger partial charge in [-0.2, -0.15) is 0 Å². The molecule has 152 valence electrons. The number of fused-ring (bicyclic) bond motifs is 1. The fourth-order valence-electron chi connectivity index (χ4n) is 3.75. The molecule has 4 rings (SSSR count). The molecule has 0 bridgehead atoms. The van der Waals surface area contributed by atoms with E-state index in [4.69, 9.17) is 4.42 Å². The van der Waals surface area contributed by atoms with Crippen molar-refractivity contribution in [2.75, 3.05) is 5.32 Å². The summed E-state index contributed by atoms with van der Waals surface area (Å²) in [6, 6.07) is 17.6. The first-order chi connectivity index (χ1) is 14.3. The summed E-state index contributed by atoms with van der Waals surface area (Å²) in [7, 11) is 0. The molecule has 0 aliphatic rings. The second kappa shape index (κ2) is 8.07. The van der Waals surface area contributed by atoms with Crippen molar-refractivity contribution in [2.24, 2.45) is 0 Å². The molecule has 4 nitrogen and oxygen atoms in total. The highest BCUT2D eigenvalue weighted by molar-refractivity contribution is 9.10. The number of anilines is 1. The van der Waals surface area contributed by atoms with Gasteiger partial charge in [0.15, 0.2) is 5.43 Å². The van der Waals surface area contributed by atoms with Crippen LogP contribution in [0.15, 0.2) is 68.4 Å². The van der Waals surface area contributed by atoms with Gasteiger partial charge in [0, 0.05) is 16.7 Å². The monoisotopic (exact) mass is 462 g/mol. The van der Waals surface area contributed by atoms with Crippen LogP contribution in [0.2, 0.25) is 0 Å². The second-order valence-corrected chi connectivity index (χ2v) is 8.43. The Hall–Kier alpha value is -2.92. The maximum Gasteiger partial charge on any atom is 0.196 e. The molecule has 1 N–H and O–H groups in total. The van der Waals surface area contributed by atoms with Gasteiger partial charge in [0.25, 0.3) is 0 Å². The fourth-order valence-corrected chi connectivity index (χ4v) is 4.15. The molecule has 30 heavy (non-hydrogen) atoms. The van der Waals surface area contributed by atoms with Crippen LogP contribution >= 0.6 is 15.9 Å². The summed E-state index contributed by atoms with van der Waals surface area (Å²) in [5.41, 5.74) is 5.96. The summed E-state index contributed by atoms with van der Waals surface area (Å²) in [6.07, 6.45) is 0. The SMILES string of the molecule is Cc1cc([C@@H](C)Nc2ccc(Br)nc2C)c2oc(-c3ccccc3)c(C)c(=O)c2c1. The summed E-state index contributed by atoms with van der Waals surface area (Å²) in [6.45, 7) is 7.86. The highest BCUT2D eigenvalue weighted by atomic mass is 79.9. The number of halogens is 1. The topological polar surface area (TPSA) is 55.1 Å². The third-order valence-corrected chi connectivity index (χ3v) is 5.76. The van der Waals surface area contributed by atoms with E-state index in [9.17, 15) is 4.79 Å². The Bertz CT molecular complexity index is 1300. The molecule has 0 unspecified atom stereocenters. The van der Waals surface area contributed by atoms with E-state index in [0.29, 0.717) is 22.3 Å². The molecule has 0 spiro atoms. The van der Waals surface area contributed by atoms with Crippen molar-refractivity contribution < 1.29 is 4.42 Å². The highest BCUT2D eigenvalue weighted by Crippen LogP contribution is 2.32. The van der Waals surface area contributed by atoms with Crippen LogP contribution in [0.4, 0.5) is 5.69 Å². The van der Waals surface area contributed by atoms with Crippen LogP contribution in [0.5, 0.6) is 0 Å². The first-order valence-corrected chi connectivity index (χ1v) is 10.7. The standard InChI is InChI=1S/C25H23BrN2O2/c1-14-12-19(16(3)27-21-10-11-22(26)28-17(21)4)25-20(13-14)23(29)15(2)24(30-25)18-8-6-5-7-9-18/h5-13,16,27H,1-4H3/t16-/m1/s1. The minimum Gasteiger partial charge on any atom is -0.455 e. The van der Waals surface area contributed by atoms with E-state index in [1.807, 2.05) is 69.3 Å². The van der Waals surface area contributed by atoms with E-state index in [1.165, 1.54) is 0 Å². The number of hydrogen-bond donors (Lipinski definition) is 1.